The quantitative estimate of drug-likeness (QED) is 0.614. The van der Waals surface area contributed by atoms with Crippen LogP contribution >= 0.6 is 0 Å². The largest absolute Gasteiger partial charge is 0.469 e. The fourth-order valence-corrected chi connectivity index (χ4v) is 4.42. The SMILES string of the molecule is COC(=O)[C@@H](C)[C@H]1CCC[C@@H]1[C@@H](Cc1ccccc1)OCc1ccccc1. The minimum absolute atomic E-state index is 0.0823. The highest BCUT2D eigenvalue weighted by atomic mass is 16.5. The average molecular weight is 367 g/mol. The van der Waals surface area contributed by atoms with Gasteiger partial charge < -0.3 is 9.47 Å². The molecular formula is C24H30O3. The van der Waals surface area contributed by atoms with Crippen LogP contribution in [0.15, 0.2) is 60.7 Å². The van der Waals surface area contributed by atoms with E-state index in [1.165, 1.54) is 18.2 Å². The molecule has 3 rings (SSSR count). The number of carbonyl (C=O) groups excluding carboxylic acids is 1. The molecule has 3 heteroatoms. The van der Waals surface area contributed by atoms with E-state index >= 15 is 0 Å². The molecule has 0 bridgehead atoms. The molecule has 0 amide bonds. The fraction of sp³-hybridized carbons (Fsp3) is 0.458. The van der Waals surface area contributed by atoms with Crippen molar-refractivity contribution in [3.8, 4) is 0 Å². The second-order valence-electron chi connectivity index (χ2n) is 7.60. The lowest BCUT2D eigenvalue weighted by molar-refractivity contribution is -0.148. The molecule has 1 fully saturated rings. The van der Waals surface area contributed by atoms with Crippen molar-refractivity contribution >= 4 is 5.97 Å². The number of rotatable bonds is 8. The Morgan fingerprint density at radius 3 is 2.19 bits per heavy atom. The molecule has 0 unspecified atom stereocenters. The molecule has 2 aromatic rings. The maximum atomic E-state index is 12.1. The average Bonchev–Trinajstić information content (AvgIpc) is 3.21. The summed E-state index contributed by atoms with van der Waals surface area (Å²) in [6.45, 7) is 2.61. The normalized spacial score (nSPS) is 21.6. The van der Waals surface area contributed by atoms with E-state index in [1.807, 2.05) is 31.2 Å². The van der Waals surface area contributed by atoms with Gasteiger partial charge in [0.2, 0.25) is 0 Å². The number of benzene rings is 2. The predicted molar refractivity (Wildman–Crippen MR) is 107 cm³/mol. The summed E-state index contributed by atoms with van der Waals surface area (Å²) in [5.74, 6) is 0.513. The first-order chi connectivity index (χ1) is 13.2. The summed E-state index contributed by atoms with van der Waals surface area (Å²) in [5, 5.41) is 0. The molecule has 0 aromatic heterocycles. The highest BCUT2D eigenvalue weighted by Crippen LogP contribution is 2.41. The molecular weight excluding hydrogens is 336 g/mol. The van der Waals surface area contributed by atoms with E-state index in [4.69, 9.17) is 9.47 Å². The first-order valence-corrected chi connectivity index (χ1v) is 9.96. The molecule has 0 saturated heterocycles. The third-order valence-corrected chi connectivity index (χ3v) is 5.90. The van der Waals surface area contributed by atoms with Crippen LogP contribution in [0, 0.1) is 17.8 Å². The minimum atomic E-state index is -0.103. The number of hydrogen-bond donors (Lipinski definition) is 0. The van der Waals surface area contributed by atoms with Gasteiger partial charge in [-0.25, -0.2) is 0 Å². The summed E-state index contributed by atoms with van der Waals surface area (Å²) < 4.78 is 11.5. The number of esters is 1. The second kappa shape index (κ2) is 9.70. The highest BCUT2D eigenvalue weighted by molar-refractivity contribution is 5.72. The van der Waals surface area contributed by atoms with Crippen LogP contribution < -0.4 is 0 Å². The predicted octanol–water partition coefficient (Wildman–Crippen LogP) is 5.04. The molecule has 0 aliphatic heterocycles. The minimum Gasteiger partial charge on any atom is -0.469 e. The van der Waals surface area contributed by atoms with Gasteiger partial charge in [-0.1, -0.05) is 74.0 Å². The molecule has 2 aromatic carbocycles. The van der Waals surface area contributed by atoms with Crippen molar-refractivity contribution in [2.24, 2.45) is 17.8 Å². The van der Waals surface area contributed by atoms with Crippen LogP contribution in [0.3, 0.4) is 0 Å². The second-order valence-corrected chi connectivity index (χ2v) is 7.60. The van der Waals surface area contributed by atoms with Crippen LogP contribution in [0.5, 0.6) is 0 Å². The summed E-state index contributed by atoms with van der Waals surface area (Å²) >= 11 is 0. The van der Waals surface area contributed by atoms with Gasteiger partial charge in [-0.2, -0.15) is 0 Å². The van der Waals surface area contributed by atoms with Crippen molar-refractivity contribution in [3.05, 3.63) is 71.8 Å². The van der Waals surface area contributed by atoms with E-state index in [1.54, 1.807) is 0 Å². The summed E-state index contributed by atoms with van der Waals surface area (Å²) in [7, 11) is 1.48. The van der Waals surface area contributed by atoms with Gasteiger partial charge in [-0.3, -0.25) is 4.79 Å². The standard InChI is InChI=1S/C24H30O3/c1-18(24(25)26-2)21-14-9-15-22(21)23(16-19-10-5-3-6-11-19)27-17-20-12-7-4-8-13-20/h3-8,10-13,18,21-23H,9,14-17H2,1-2H3/t18-,21+,22-,23+/m0/s1. The smallest absolute Gasteiger partial charge is 0.308 e. The van der Waals surface area contributed by atoms with Crippen molar-refractivity contribution < 1.29 is 14.3 Å². The molecule has 1 aliphatic carbocycles. The molecule has 1 aliphatic rings. The van der Waals surface area contributed by atoms with E-state index < -0.39 is 0 Å². The van der Waals surface area contributed by atoms with Crippen LogP contribution in [-0.4, -0.2) is 19.2 Å². The molecule has 0 N–H and O–H groups in total. The van der Waals surface area contributed by atoms with Gasteiger partial charge in [-0.15, -0.1) is 0 Å². The number of hydrogen-bond acceptors (Lipinski definition) is 3. The first kappa shape index (κ1) is 19.6. The third-order valence-electron chi connectivity index (χ3n) is 5.90. The zero-order valence-corrected chi connectivity index (χ0v) is 16.3. The Morgan fingerprint density at radius 1 is 0.963 bits per heavy atom. The Morgan fingerprint density at radius 2 is 1.56 bits per heavy atom. The molecule has 1 saturated carbocycles. The highest BCUT2D eigenvalue weighted by Gasteiger charge is 2.40. The molecule has 4 atom stereocenters. The van der Waals surface area contributed by atoms with Gasteiger partial charge in [0, 0.05) is 0 Å². The van der Waals surface area contributed by atoms with Crippen molar-refractivity contribution in [3.63, 3.8) is 0 Å². The molecule has 3 nitrogen and oxygen atoms in total. The lowest BCUT2D eigenvalue weighted by Gasteiger charge is -2.31. The van der Waals surface area contributed by atoms with Crippen molar-refractivity contribution in [1.82, 2.24) is 0 Å². The molecule has 144 valence electrons. The van der Waals surface area contributed by atoms with E-state index in [0.717, 1.165) is 25.7 Å². The summed E-state index contributed by atoms with van der Waals surface area (Å²) in [4.78, 5) is 12.1. The summed E-state index contributed by atoms with van der Waals surface area (Å²) in [6, 6.07) is 20.8. The monoisotopic (exact) mass is 366 g/mol. The van der Waals surface area contributed by atoms with Crippen molar-refractivity contribution in [1.29, 1.82) is 0 Å². The number of ether oxygens (including phenoxy) is 2. The van der Waals surface area contributed by atoms with Gasteiger partial charge in [0.05, 0.1) is 25.7 Å². The summed E-state index contributed by atoms with van der Waals surface area (Å²) in [6.07, 6.45) is 4.31. The fourth-order valence-electron chi connectivity index (χ4n) is 4.42. The topological polar surface area (TPSA) is 35.5 Å². The van der Waals surface area contributed by atoms with Crippen molar-refractivity contribution in [2.45, 2.75) is 45.3 Å². The number of methoxy groups -OCH3 is 1. The third kappa shape index (κ3) is 5.20. The lowest BCUT2D eigenvalue weighted by atomic mass is 9.80. The van der Waals surface area contributed by atoms with Crippen molar-refractivity contribution in [2.75, 3.05) is 7.11 Å². The van der Waals surface area contributed by atoms with Gasteiger partial charge >= 0.3 is 5.97 Å². The molecule has 27 heavy (non-hydrogen) atoms. The zero-order chi connectivity index (χ0) is 19.1. The van der Waals surface area contributed by atoms with Crippen LogP contribution in [0.4, 0.5) is 0 Å². The van der Waals surface area contributed by atoms with E-state index in [-0.39, 0.29) is 18.0 Å². The zero-order valence-electron chi connectivity index (χ0n) is 16.3. The molecule has 0 radical (unpaired) electrons. The van der Waals surface area contributed by atoms with Crippen LogP contribution in [0.2, 0.25) is 0 Å². The molecule has 0 heterocycles. The Kier molecular flexibility index (Phi) is 7.05. The van der Waals surface area contributed by atoms with E-state index in [2.05, 4.69) is 36.4 Å². The van der Waals surface area contributed by atoms with Crippen LogP contribution in [0.25, 0.3) is 0 Å². The maximum Gasteiger partial charge on any atom is 0.308 e. The van der Waals surface area contributed by atoms with Gasteiger partial charge in [-0.05, 0) is 42.2 Å². The van der Waals surface area contributed by atoms with E-state index in [9.17, 15) is 4.79 Å². The molecule has 0 spiro atoms. The summed E-state index contributed by atoms with van der Waals surface area (Å²) in [5.41, 5.74) is 2.47. The van der Waals surface area contributed by atoms with Gasteiger partial charge in [0.25, 0.3) is 0 Å². The number of carbonyl (C=O) groups is 1. The van der Waals surface area contributed by atoms with Crippen LogP contribution in [-0.2, 0) is 27.3 Å². The Balaban J connectivity index is 1.76. The van der Waals surface area contributed by atoms with E-state index in [0.29, 0.717) is 18.4 Å². The van der Waals surface area contributed by atoms with Gasteiger partial charge in [0.15, 0.2) is 0 Å². The van der Waals surface area contributed by atoms with Crippen LogP contribution in [0.1, 0.15) is 37.3 Å². The Labute approximate surface area is 162 Å². The maximum absolute atomic E-state index is 12.1. The van der Waals surface area contributed by atoms with Gasteiger partial charge in [0.1, 0.15) is 0 Å². The Hall–Kier alpha value is -2.13. The Bertz CT molecular complexity index is 698. The lowest BCUT2D eigenvalue weighted by Crippen LogP contribution is -2.34. The first-order valence-electron chi connectivity index (χ1n) is 9.96.